The Morgan fingerprint density at radius 2 is 1.97 bits per heavy atom. The summed E-state index contributed by atoms with van der Waals surface area (Å²) in [5.41, 5.74) is 3.18. The molecule has 0 fully saturated rings. The Kier molecular flexibility index (Phi) is 7.64. The summed E-state index contributed by atoms with van der Waals surface area (Å²) < 4.78 is 19.9. The number of rotatable bonds is 7. The van der Waals surface area contributed by atoms with Crippen molar-refractivity contribution in [2.24, 2.45) is 0 Å². The number of anilines is 1. The Morgan fingerprint density at radius 3 is 2.66 bits per heavy atom. The van der Waals surface area contributed by atoms with Crippen LogP contribution in [-0.2, 0) is 11.2 Å². The number of benzene rings is 3. The Bertz CT molecular complexity index is 1210. The van der Waals surface area contributed by atoms with E-state index in [2.05, 4.69) is 5.32 Å². The SMILES string of the molecule is CCOc1cc(/C=C(\C#N)C(=O)Nc2cccc(C)c2)cc(Cl)c1Cc1ccccc1F. The molecule has 0 heterocycles. The van der Waals surface area contributed by atoms with Crippen LogP contribution in [0, 0.1) is 24.1 Å². The summed E-state index contributed by atoms with van der Waals surface area (Å²) in [4.78, 5) is 12.6. The molecule has 3 rings (SSSR count). The van der Waals surface area contributed by atoms with Gasteiger partial charge in [0.05, 0.1) is 6.61 Å². The molecule has 1 amide bonds. The van der Waals surface area contributed by atoms with Crippen molar-refractivity contribution in [3.63, 3.8) is 0 Å². The van der Waals surface area contributed by atoms with E-state index in [4.69, 9.17) is 16.3 Å². The van der Waals surface area contributed by atoms with Gasteiger partial charge >= 0.3 is 0 Å². The van der Waals surface area contributed by atoms with E-state index in [-0.39, 0.29) is 17.8 Å². The van der Waals surface area contributed by atoms with Crippen LogP contribution in [-0.4, -0.2) is 12.5 Å². The highest BCUT2D eigenvalue weighted by Gasteiger charge is 2.15. The van der Waals surface area contributed by atoms with E-state index < -0.39 is 5.91 Å². The van der Waals surface area contributed by atoms with E-state index in [9.17, 15) is 14.4 Å². The maximum atomic E-state index is 14.1. The van der Waals surface area contributed by atoms with E-state index in [1.54, 1.807) is 36.4 Å². The highest BCUT2D eigenvalue weighted by Crippen LogP contribution is 2.32. The molecule has 0 aliphatic rings. The Labute approximate surface area is 191 Å². The molecule has 4 nitrogen and oxygen atoms in total. The average molecular weight is 449 g/mol. The van der Waals surface area contributed by atoms with Gasteiger partial charge in [-0.3, -0.25) is 4.79 Å². The second-order valence-electron chi connectivity index (χ2n) is 7.17. The molecule has 0 radical (unpaired) electrons. The molecular formula is C26H22ClFN2O2. The third-order valence-electron chi connectivity index (χ3n) is 4.75. The Balaban J connectivity index is 1.92. The number of carbonyl (C=O) groups excluding carboxylic acids is 1. The standard InChI is InChI=1S/C26H22ClFN2O2/c1-3-32-25-14-18(13-23(27)22(25)15-19-8-4-5-10-24(19)28)12-20(16-29)26(31)30-21-9-6-7-17(2)11-21/h4-14H,3,15H2,1-2H3,(H,30,31)/b20-12+. The third-order valence-corrected chi connectivity index (χ3v) is 5.09. The second-order valence-corrected chi connectivity index (χ2v) is 7.58. The molecule has 0 spiro atoms. The minimum Gasteiger partial charge on any atom is -0.494 e. The molecule has 0 aromatic heterocycles. The summed E-state index contributed by atoms with van der Waals surface area (Å²) in [5.74, 6) is -0.372. The lowest BCUT2D eigenvalue weighted by atomic mass is 10.0. The summed E-state index contributed by atoms with van der Waals surface area (Å²) >= 11 is 6.51. The van der Waals surface area contributed by atoms with Crippen molar-refractivity contribution in [1.29, 1.82) is 5.26 Å². The minimum absolute atomic E-state index is 0.0770. The van der Waals surface area contributed by atoms with E-state index >= 15 is 0 Å². The first-order valence-electron chi connectivity index (χ1n) is 10.1. The molecule has 3 aromatic carbocycles. The van der Waals surface area contributed by atoms with Crippen LogP contribution in [0.5, 0.6) is 5.75 Å². The number of nitrogens with zero attached hydrogens (tertiary/aromatic N) is 1. The van der Waals surface area contributed by atoms with Gasteiger partial charge < -0.3 is 10.1 Å². The molecule has 6 heteroatoms. The van der Waals surface area contributed by atoms with Crippen LogP contribution in [0.2, 0.25) is 5.02 Å². The van der Waals surface area contributed by atoms with Gasteiger partial charge in [0.25, 0.3) is 5.91 Å². The summed E-state index contributed by atoms with van der Waals surface area (Å²) in [6.07, 6.45) is 1.70. The maximum absolute atomic E-state index is 14.1. The lowest BCUT2D eigenvalue weighted by Gasteiger charge is -2.14. The molecule has 0 aliphatic carbocycles. The van der Waals surface area contributed by atoms with Crippen molar-refractivity contribution in [2.75, 3.05) is 11.9 Å². The number of nitrogens with one attached hydrogen (secondary N) is 1. The van der Waals surface area contributed by atoms with Crippen LogP contribution in [0.25, 0.3) is 6.08 Å². The molecular weight excluding hydrogens is 427 g/mol. The first-order valence-corrected chi connectivity index (χ1v) is 10.5. The Morgan fingerprint density at radius 1 is 1.19 bits per heavy atom. The molecule has 0 saturated heterocycles. The second kappa shape index (κ2) is 10.6. The quantitative estimate of drug-likeness (QED) is 0.339. The van der Waals surface area contributed by atoms with Crippen molar-refractivity contribution in [1.82, 2.24) is 0 Å². The first kappa shape index (κ1) is 23.1. The highest BCUT2D eigenvalue weighted by molar-refractivity contribution is 6.31. The Hall–Kier alpha value is -3.62. The van der Waals surface area contributed by atoms with E-state index in [1.165, 1.54) is 12.1 Å². The number of carbonyl (C=O) groups is 1. The van der Waals surface area contributed by atoms with Gasteiger partial charge in [0.1, 0.15) is 23.2 Å². The normalized spacial score (nSPS) is 11.0. The zero-order valence-corrected chi connectivity index (χ0v) is 18.5. The van der Waals surface area contributed by atoms with Gasteiger partial charge in [-0.15, -0.1) is 0 Å². The van der Waals surface area contributed by atoms with Crippen LogP contribution >= 0.6 is 11.6 Å². The predicted molar refractivity (Wildman–Crippen MR) is 125 cm³/mol. The number of aryl methyl sites for hydroxylation is 1. The summed E-state index contributed by atoms with van der Waals surface area (Å²) in [5, 5.41) is 12.6. The molecule has 0 saturated carbocycles. The third kappa shape index (κ3) is 5.75. The van der Waals surface area contributed by atoms with Gasteiger partial charge in [-0.1, -0.05) is 41.9 Å². The predicted octanol–water partition coefficient (Wildman–Crippen LogP) is 6.32. The van der Waals surface area contributed by atoms with Crippen LogP contribution in [0.15, 0.2) is 66.2 Å². The lowest BCUT2D eigenvalue weighted by Crippen LogP contribution is -2.13. The van der Waals surface area contributed by atoms with Crippen LogP contribution in [0.4, 0.5) is 10.1 Å². The van der Waals surface area contributed by atoms with Gasteiger partial charge in [-0.25, -0.2) is 4.39 Å². The van der Waals surface area contributed by atoms with Crippen molar-refractivity contribution in [3.8, 4) is 11.8 Å². The van der Waals surface area contributed by atoms with Gasteiger partial charge in [0.15, 0.2) is 0 Å². The average Bonchev–Trinajstić information content (AvgIpc) is 2.75. The van der Waals surface area contributed by atoms with Gasteiger partial charge in [0.2, 0.25) is 0 Å². The molecule has 1 N–H and O–H groups in total. The fourth-order valence-corrected chi connectivity index (χ4v) is 3.53. The fourth-order valence-electron chi connectivity index (χ4n) is 3.24. The number of halogens is 2. The van der Waals surface area contributed by atoms with Crippen molar-refractivity contribution in [2.45, 2.75) is 20.3 Å². The van der Waals surface area contributed by atoms with Gasteiger partial charge in [-0.05, 0) is 66.9 Å². The molecule has 0 bridgehead atoms. The number of nitriles is 1. The van der Waals surface area contributed by atoms with Crippen molar-refractivity contribution in [3.05, 3.63) is 99.3 Å². The van der Waals surface area contributed by atoms with E-state index in [1.807, 2.05) is 38.1 Å². The molecule has 0 atom stereocenters. The number of hydrogen-bond donors (Lipinski definition) is 1. The van der Waals surface area contributed by atoms with Crippen LogP contribution in [0.1, 0.15) is 29.2 Å². The van der Waals surface area contributed by atoms with Crippen LogP contribution < -0.4 is 10.1 Å². The highest BCUT2D eigenvalue weighted by atomic mass is 35.5. The van der Waals surface area contributed by atoms with E-state index in [0.29, 0.717) is 39.8 Å². The zero-order valence-electron chi connectivity index (χ0n) is 17.8. The molecule has 3 aromatic rings. The maximum Gasteiger partial charge on any atom is 0.266 e. The number of ether oxygens (including phenoxy) is 1. The lowest BCUT2D eigenvalue weighted by molar-refractivity contribution is -0.112. The summed E-state index contributed by atoms with van der Waals surface area (Å²) in [6, 6.07) is 19.0. The number of hydrogen-bond acceptors (Lipinski definition) is 3. The molecule has 162 valence electrons. The smallest absolute Gasteiger partial charge is 0.266 e. The largest absolute Gasteiger partial charge is 0.494 e. The molecule has 32 heavy (non-hydrogen) atoms. The fraction of sp³-hybridized carbons (Fsp3) is 0.154. The minimum atomic E-state index is -0.525. The zero-order chi connectivity index (χ0) is 23.1. The first-order chi connectivity index (χ1) is 15.4. The van der Waals surface area contributed by atoms with Crippen molar-refractivity contribution < 1.29 is 13.9 Å². The molecule has 0 aliphatic heterocycles. The monoisotopic (exact) mass is 448 g/mol. The van der Waals surface area contributed by atoms with E-state index in [0.717, 1.165) is 5.56 Å². The summed E-state index contributed by atoms with van der Waals surface area (Å²) in [6.45, 7) is 4.13. The topological polar surface area (TPSA) is 62.1 Å². The summed E-state index contributed by atoms with van der Waals surface area (Å²) in [7, 11) is 0. The number of amides is 1. The van der Waals surface area contributed by atoms with Crippen molar-refractivity contribution >= 4 is 29.3 Å². The van der Waals surface area contributed by atoms with Gasteiger partial charge in [0, 0.05) is 22.7 Å². The van der Waals surface area contributed by atoms with Crippen LogP contribution in [0.3, 0.4) is 0 Å². The van der Waals surface area contributed by atoms with Gasteiger partial charge in [-0.2, -0.15) is 5.26 Å². The molecule has 0 unspecified atom stereocenters.